The minimum absolute atomic E-state index is 0.0503. The predicted molar refractivity (Wildman–Crippen MR) is 102 cm³/mol. The summed E-state index contributed by atoms with van der Waals surface area (Å²) in [7, 11) is 1.28. The zero-order valence-corrected chi connectivity index (χ0v) is 15.0. The number of nitrogens with zero attached hydrogens (tertiary/aromatic N) is 2. The summed E-state index contributed by atoms with van der Waals surface area (Å²) >= 11 is 1.02. The monoisotopic (exact) mass is 383 g/mol. The van der Waals surface area contributed by atoms with Crippen molar-refractivity contribution < 1.29 is 13.9 Å². The van der Waals surface area contributed by atoms with Crippen LogP contribution in [0.4, 0.5) is 4.39 Å². The Morgan fingerprint density at radius 3 is 2.74 bits per heavy atom. The van der Waals surface area contributed by atoms with Gasteiger partial charge in [0.05, 0.1) is 18.6 Å². The molecule has 0 atom stereocenters. The van der Waals surface area contributed by atoms with E-state index in [-0.39, 0.29) is 22.1 Å². The van der Waals surface area contributed by atoms with Crippen molar-refractivity contribution in [1.29, 1.82) is 0 Å². The molecule has 0 unspecified atom stereocenters. The average molecular weight is 383 g/mol. The molecule has 0 saturated carbocycles. The Morgan fingerprint density at radius 2 is 1.96 bits per heavy atom. The van der Waals surface area contributed by atoms with E-state index in [1.54, 1.807) is 12.1 Å². The molecular formula is C19H14FN3O3S. The minimum Gasteiger partial charge on any atom is -0.468 e. The molecule has 0 radical (unpaired) electrons. The van der Waals surface area contributed by atoms with Crippen LogP contribution in [0.15, 0.2) is 58.5 Å². The van der Waals surface area contributed by atoms with Gasteiger partial charge in [-0.05, 0) is 18.2 Å². The van der Waals surface area contributed by atoms with Crippen molar-refractivity contribution in [2.24, 2.45) is 0 Å². The fourth-order valence-electron chi connectivity index (χ4n) is 2.87. The molecule has 0 aliphatic heterocycles. The van der Waals surface area contributed by atoms with Gasteiger partial charge in [0.15, 0.2) is 5.16 Å². The summed E-state index contributed by atoms with van der Waals surface area (Å²) in [5, 5.41) is 0.998. The summed E-state index contributed by atoms with van der Waals surface area (Å²) in [5.41, 5.74) is 1.15. The molecule has 0 aliphatic rings. The molecule has 0 fully saturated rings. The smallest absolute Gasteiger partial charge is 0.316 e. The molecule has 4 aromatic rings. The zero-order valence-electron chi connectivity index (χ0n) is 14.2. The second kappa shape index (κ2) is 6.88. The number of thioether (sulfide) groups is 1. The average Bonchev–Trinajstić information content (AvgIpc) is 3.06. The number of methoxy groups -OCH3 is 1. The highest BCUT2D eigenvalue weighted by Gasteiger charge is 2.19. The van der Waals surface area contributed by atoms with Gasteiger partial charge in [0.1, 0.15) is 16.9 Å². The number of para-hydroxylation sites is 2. The summed E-state index contributed by atoms with van der Waals surface area (Å²) in [5.74, 6) is -1.07. The van der Waals surface area contributed by atoms with Crippen molar-refractivity contribution in [2.75, 3.05) is 12.9 Å². The molecular weight excluding hydrogens is 369 g/mol. The number of H-pyrrole nitrogens is 1. The van der Waals surface area contributed by atoms with Gasteiger partial charge in [0, 0.05) is 10.9 Å². The first-order chi connectivity index (χ1) is 13.1. The Bertz CT molecular complexity index is 1230. The summed E-state index contributed by atoms with van der Waals surface area (Å²) in [6.07, 6.45) is 0. The second-order valence-electron chi connectivity index (χ2n) is 5.75. The molecule has 0 aliphatic carbocycles. The molecule has 6 nitrogen and oxygen atoms in total. The quantitative estimate of drug-likeness (QED) is 0.332. The molecule has 4 rings (SSSR count). The highest BCUT2D eigenvalue weighted by atomic mass is 32.2. The van der Waals surface area contributed by atoms with E-state index in [4.69, 9.17) is 0 Å². The number of ether oxygens (including phenoxy) is 1. The highest BCUT2D eigenvalue weighted by Crippen LogP contribution is 2.27. The molecule has 0 saturated heterocycles. The van der Waals surface area contributed by atoms with Gasteiger partial charge in [0.2, 0.25) is 0 Å². The normalized spacial score (nSPS) is 11.2. The number of carbonyl (C=O) groups is 1. The third kappa shape index (κ3) is 2.97. The number of carbonyl (C=O) groups excluding carboxylic acids is 1. The summed E-state index contributed by atoms with van der Waals surface area (Å²) in [6.45, 7) is 0. The first-order valence-electron chi connectivity index (χ1n) is 8.08. The van der Waals surface area contributed by atoms with Crippen LogP contribution in [0.2, 0.25) is 0 Å². The Labute approximate surface area is 157 Å². The van der Waals surface area contributed by atoms with Crippen LogP contribution in [0.3, 0.4) is 0 Å². The lowest BCUT2D eigenvalue weighted by Crippen LogP contribution is -2.23. The van der Waals surface area contributed by atoms with Crippen LogP contribution in [-0.2, 0) is 9.53 Å². The van der Waals surface area contributed by atoms with Crippen LogP contribution in [-0.4, -0.2) is 33.4 Å². The topological polar surface area (TPSA) is 77.0 Å². The third-order valence-electron chi connectivity index (χ3n) is 4.13. The summed E-state index contributed by atoms with van der Waals surface area (Å²) in [4.78, 5) is 32.4. The predicted octanol–water partition coefficient (Wildman–Crippen LogP) is 3.27. The SMILES string of the molecule is COC(=O)CSc1nc2c([nH]c3ccccc32)c(=O)n1-c1ccccc1F. The van der Waals surface area contributed by atoms with E-state index in [9.17, 15) is 14.0 Å². The molecule has 0 spiro atoms. The van der Waals surface area contributed by atoms with Crippen LogP contribution in [0, 0.1) is 5.82 Å². The van der Waals surface area contributed by atoms with Crippen LogP contribution in [0.25, 0.3) is 27.6 Å². The van der Waals surface area contributed by atoms with Gasteiger partial charge in [-0.25, -0.2) is 9.37 Å². The van der Waals surface area contributed by atoms with Gasteiger partial charge in [-0.1, -0.05) is 42.1 Å². The summed E-state index contributed by atoms with van der Waals surface area (Å²) in [6, 6.07) is 13.3. The first kappa shape index (κ1) is 17.3. The van der Waals surface area contributed by atoms with Crippen molar-refractivity contribution in [3.05, 3.63) is 64.7 Å². The van der Waals surface area contributed by atoms with Crippen LogP contribution < -0.4 is 5.56 Å². The molecule has 0 bridgehead atoms. The number of nitrogens with one attached hydrogen (secondary N) is 1. The van der Waals surface area contributed by atoms with E-state index in [0.717, 1.165) is 22.7 Å². The Hall–Kier alpha value is -3.13. The molecule has 2 heterocycles. The minimum atomic E-state index is -0.559. The lowest BCUT2D eigenvalue weighted by molar-refractivity contribution is -0.137. The van der Waals surface area contributed by atoms with E-state index in [1.165, 1.54) is 23.8 Å². The van der Waals surface area contributed by atoms with Crippen molar-refractivity contribution in [3.8, 4) is 5.69 Å². The van der Waals surface area contributed by atoms with E-state index in [1.807, 2.05) is 24.3 Å². The number of rotatable bonds is 4. The maximum absolute atomic E-state index is 14.4. The largest absolute Gasteiger partial charge is 0.468 e. The number of fused-ring (bicyclic) bond motifs is 3. The van der Waals surface area contributed by atoms with Crippen molar-refractivity contribution in [1.82, 2.24) is 14.5 Å². The molecule has 0 amide bonds. The molecule has 1 N–H and O–H groups in total. The molecule has 27 heavy (non-hydrogen) atoms. The van der Waals surface area contributed by atoms with Gasteiger partial charge in [-0.15, -0.1) is 0 Å². The number of aromatic amines is 1. The van der Waals surface area contributed by atoms with Crippen LogP contribution in [0.5, 0.6) is 0 Å². The van der Waals surface area contributed by atoms with E-state index >= 15 is 0 Å². The van der Waals surface area contributed by atoms with Gasteiger partial charge < -0.3 is 9.72 Å². The maximum atomic E-state index is 14.4. The lowest BCUT2D eigenvalue weighted by atomic mass is 10.2. The standard InChI is InChI=1S/C19H14FN3O3S/c1-26-15(24)10-27-19-22-16-11-6-2-4-8-13(11)21-17(16)18(25)23(19)14-9-5-3-7-12(14)20/h2-9,21H,10H2,1H3. The Balaban J connectivity index is 2.02. The number of benzene rings is 2. The lowest BCUT2D eigenvalue weighted by Gasteiger charge is -2.12. The molecule has 8 heteroatoms. The molecule has 2 aromatic carbocycles. The van der Waals surface area contributed by atoms with Gasteiger partial charge >= 0.3 is 5.97 Å². The number of halogens is 1. The zero-order chi connectivity index (χ0) is 19.0. The maximum Gasteiger partial charge on any atom is 0.316 e. The number of aromatic nitrogens is 3. The second-order valence-corrected chi connectivity index (χ2v) is 6.69. The van der Waals surface area contributed by atoms with E-state index < -0.39 is 17.3 Å². The number of esters is 1. The highest BCUT2D eigenvalue weighted by molar-refractivity contribution is 7.99. The summed E-state index contributed by atoms with van der Waals surface area (Å²) < 4.78 is 20.2. The fourth-order valence-corrected chi connectivity index (χ4v) is 3.70. The Kier molecular flexibility index (Phi) is 4.41. The number of hydrogen-bond acceptors (Lipinski definition) is 5. The van der Waals surface area contributed by atoms with Crippen molar-refractivity contribution in [3.63, 3.8) is 0 Å². The fraction of sp³-hybridized carbons (Fsp3) is 0.105. The van der Waals surface area contributed by atoms with E-state index in [2.05, 4.69) is 14.7 Å². The van der Waals surface area contributed by atoms with Crippen molar-refractivity contribution in [2.45, 2.75) is 5.16 Å². The van der Waals surface area contributed by atoms with Crippen molar-refractivity contribution >= 4 is 39.7 Å². The molecule has 136 valence electrons. The van der Waals surface area contributed by atoms with E-state index in [0.29, 0.717) is 5.52 Å². The third-order valence-corrected chi connectivity index (χ3v) is 5.05. The van der Waals surface area contributed by atoms with Crippen LogP contribution in [0.1, 0.15) is 0 Å². The van der Waals surface area contributed by atoms with Gasteiger partial charge in [-0.3, -0.25) is 14.2 Å². The number of hydrogen-bond donors (Lipinski definition) is 1. The van der Waals surface area contributed by atoms with Crippen LogP contribution >= 0.6 is 11.8 Å². The molecule has 2 aromatic heterocycles. The van der Waals surface area contributed by atoms with Gasteiger partial charge in [-0.2, -0.15) is 0 Å². The van der Waals surface area contributed by atoms with Gasteiger partial charge in [0.25, 0.3) is 5.56 Å². The Morgan fingerprint density at radius 1 is 1.22 bits per heavy atom. The first-order valence-corrected chi connectivity index (χ1v) is 9.06.